The molecule has 1 aliphatic heterocycles. The Morgan fingerprint density at radius 1 is 0.973 bits per heavy atom. The number of carbonyl (C=O) groups excluding carboxylic acids is 1. The molecule has 1 saturated heterocycles. The van der Waals surface area contributed by atoms with Gasteiger partial charge in [-0.25, -0.2) is 14.4 Å². The number of pyridine rings is 1. The summed E-state index contributed by atoms with van der Waals surface area (Å²) >= 11 is 0. The molecule has 4 heterocycles. The summed E-state index contributed by atoms with van der Waals surface area (Å²) in [6.07, 6.45) is 7.93. The van der Waals surface area contributed by atoms with Crippen LogP contribution >= 0.6 is 0 Å². The van der Waals surface area contributed by atoms with Gasteiger partial charge in [-0.1, -0.05) is 18.2 Å². The molecule has 2 aromatic carbocycles. The third-order valence-electron chi connectivity index (χ3n) is 7.87. The normalized spacial score (nSPS) is 16.6. The zero-order valence-corrected chi connectivity index (χ0v) is 20.6. The monoisotopic (exact) mass is 493 g/mol. The molecule has 5 aromatic rings. The number of amides is 1. The van der Waals surface area contributed by atoms with E-state index in [9.17, 15) is 9.18 Å². The van der Waals surface area contributed by atoms with Crippen molar-refractivity contribution in [1.82, 2.24) is 24.0 Å². The van der Waals surface area contributed by atoms with Gasteiger partial charge in [0.1, 0.15) is 17.3 Å². The molecule has 0 radical (unpaired) electrons. The maximum absolute atomic E-state index is 13.8. The van der Waals surface area contributed by atoms with Crippen molar-refractivity contribution in [1.29, 1.82) is 0 Å². The SMILES string of the molecule is O=C(c1ccnc2c1ccn2-c1cccc(F)c1)N1CCC(c2nc3ccccc3n2CC2CC2)CC1. The molecule has 1 amide bonds. The lowest BCUT2D eigenvalue weighted by Crippen LogP contribution is -2.38. The highest BCUT2D eigenvalue weighted by atomic mass is 19.1. The fraction of sp³-hybridized carbons (Fsp3) is 0.300. The molecule has 1 aliphatic carbocycles. The van der Waals surface area contributed by atoms with E-state index >= 15 is 0 Å². The van der Waals surface area contributed by atoms with E-state index in [0.29, 0.717) is 35.9 Å². The fourth-order valence-corrected chi connectivity index (χ4v) is 5.73. The molecule has 1 saturated carbocycles. The Kier molecular flexibility index (Phi) is 5.30. The van der Waals surface area contributed by atoms with E-state index in [1.54, 1.807) is 18.3 Å². The lowest BCUT2D eigenvalue weighted by atomic mass is 9.95. The van der Waals surface area contributed by atoms with Crippen molar-refractivity contribution in [2.45, 2.75) is 38.1 Å². The van der Waals surface area contributed by atoms with E-state index in [1.165, 1.54) is 36.3 Å². The average Bonchev–Trinajstić information content (AvgIpc) is 3.53. The van der Waals surface area contributed by atoms with Crippen molar-refractivity contribution >= 4 is 28.0 Å². The minimum Gasteiger partial charge on any atom is -0.339 e. The highest BCUT2D eigenvalue weighted by molar-refractivity contribution is 6.05. The molecule has 6 nitrogen and oxygen atoms in total. The van der Waals surface area contributed by atoms with Crippen LogP contribution in [-0.4, -0.2) is 43.0 Å². The van der Waals surface area contributed by atoms with Crippen LogP contribution in [0, 0.1) is 11.7 Å². The molecular weight excluding hydrogens is 465 g/mol. The first-order chi connectivity index (χ1) is 18.2. The number of piperidine rings is 1. The van der Waals surface area contributed by atoms with Gasteiger partial charge >= 0.3 is 0 Å². The van der Waals surface area contributed by atoms with Gasteiger partial charge in [-0.15, -0.1) is 0 Å². The lowest BCUT2D eigenvalue weighted by Gasteiger charge is -2.32. The summed E-state index contributed by atoms with van der Waals surface area (Å²) in [7, 11) is 0. The zero-order chi connectivity index (χ0) is 24.9. The second-order valence-corrected chi connectivity index (χ2v) is 10.3. The number of aromatic nitrogens is 4. The Balaban J connectivity index is 1.13. The number of likely N-dealkylation sites (tertiary alicyclic amines) is 1. The number of halogens is 1. The summed E-state index contributed by atoms with van der Waals surface area (Å²) in [6.45, 7) is 2.45. The van der Waals surface area contributed by atoms with Gasteiger partial charge in [0.2, 0.25) is 0 Å². The van der Waals surface area contributed by atoms with Crippen LogP contribution in [0.3, 0.4) is 0 Å². The molecule has 3 aromatic heterocycles. The van der Waals surface area contributed by atoms with Crippen LogP contribution in [0.25, 0.3) is 27.8 Å². The predicted molar refractivity (Wildman–Crippen MR) is 141 cm³/mol. The number of imidazole rings is 1. The highest BCUT2D eigenvalue weighted by Crippen LogP contribution is 2.36. The van der Waals surface area contributed by atoms with E-state index in [0.717, 1.165) is 36.2 Å². The number of hydrogen-bond acceptors (Lipinski definition) is 3. The maximum Gasteiger partial charge on any atom is 0.254 e. The Labute approximate surface area is 214 Å². The number of carbonyl (C=O) groups is 1. The van der Waals surface area contributed by atoms with Gasteiger partial charge in [-0.3, -0.25) is 4.79 Å². The standard InChI is InChI=1S/C30H28FN5O/c31-22-4-3-5-23(18-22)35-17-13-24-25(10-14-32-29(24)35)30(37)34-15-11-21(12-16-34)28-33-26-6-1-2-7-27(26)36(28)19-20-8-9-20/h1-7,10,13-14,17-18,20-21H,8-9,11-12,15-16,19H2. The second kappa shape index (κ2) is 8.83. The molecule has 0 unspecified atom stereocenters. The molecule has 7 rings (SSSR count). The highest BCUT2D eigenvalue weighted by Gasteiger charge is 2.31. The van der Waals surface area contributed by atoms with Gasteiger partial charge in [0.05, 0.1) is 16.6 Å². The number of nitrogens with zero attached hydrogens (tertiary/aromatic N) is 5. The first kappa shape index (κ1) is 22.2. The van der Waals surface area contributed by atoms with Crippen LogP contribution in [0.2, 0.25) is 0 Å². The molecule has 2 fully saturated rings. The van der Waals surface area contributed by atoms with Crippen LogP contribution in [0.15, 0.2) is 73.1 Å². The summed E-state index contributed by atoms with van der Waals surface area (Å²) in [5.74, 6) is 2.02. The quantitative estimate of drug-likeness (QED) is 0.304. The number of fused-ring (bicyclic) bond motifs is 2. The van der Waals surface area contributed by atoms with E-state index in [-0.39, 0.29) is 11.7 Å². The minimum atomic E-state index is -0.305. The van der Waals surface area contributed by atoms with E-state index < -0.39 is 0 Å². The van der Waals surface area contributed by atoms with Crippen molar-refractivity contribution in [3.63, 3.8) is 0 Å². The molecule has 37 heavy (non-hydrogen) atoms. The largest absolute Gasteiger partial charge is 0.339 e. The summed E-state index contributed by atoms with van der Waals surface area (Å²) in [6, 6.07) is 18.5. The minimum absolute atomic E-state index is 0.0225. The summed E-state index contributed by atoms with van der Waals surface area (Å²) in [4.78, 5) is 25.1. The van der Waals surface area contributed by atoms with Crippen molar-refractivity contribution in [2.75, 3.05) is 13.1 Å². The van der Waals surface area contributed by atoms with Crippen LogP contribution in [0.4, 0.5) is 4.39 Å². The molecule has 0 N–H and O–H groups in total. The molecule has 7 heteroatoms. The van der Waals surface area contributed by atoms with Gasteiger partial charge in [-0.2, -0.15) is 0 Å². The van der Waals surface area contributed by atoms with Crippen molar-refractivity contribution in [3.05, 3.63) is 90.3 Å². The average molecular weight is 494 g/mol. The van der Waals surface area contributed by atoms with Gasteiger partial charge < -0.3 is 14.0 Å². The summed E-state index contributed by atoms with van der Waals surface area (Å²) in [5.41, 5.74) is 4.27. The maximum atomic E-state index is 13.8. The zero-order valence-electron chi connectivity index (χ0n) is 20.6. The molecule has 186 valence electrons. The van der Waals surface area contributed by atoms with Crippen LogP contribution in [-0.2, 0) is 6.54 Å². The van der Waals surface area contributed by atoms with Crippen LogP contribution in [0.1, 0.15) is 47.8 Å². The van der Waals surface area contributed by atoms with E-state index in [1.807, 2.05) is 27.8 Å². The number of benzene rings is 2. The topological polar surface area (TPSA) is 56.0 Å². The van der Waals surface area contributed by atoms with Crippen LogP contribution < -0.4 is 0 Å². The summed E-state index contributed by atoms with van der Waals surface area (Å²) in [5, 5.41) is 0.783. The molecule has 0 bridgehead atoms. The number of para-hydroxylation sites is 2. The molecule has 0 spiro atoms. The number of hydrogen-bond donors (Lipinski definition) is 0. The third-order valence-corrected chi connectivity index (χ3v) is 7.87. The third kappa shape index (κ3) is 3.99. The second-order valence-electron chi connectivity index (χ2n) is 10.3. The first-order valence-electron chi connectivity index (χ1n) is 13.1. The Bertz CT molecular complexity index is 1620. The predicted octanol–water partition coefficient (Wildman–Crippen LogP) is 5.94. The Morgan fingerprint density at radius 3 is 2.62 bits per heavy atom. The van der Waals surface area contributed by atoms with Gasteiger partial charge in [-0.05, 0) is 74.1 Å². The molecular formula is C30H28FN5O. The van der Waals surface area contributed by atoms with Crippen molar-refractivity contribution in [2.24, 2.45) is 5.92 Å². The smallest absolute Gasteiger partial charge is 0.254 e. The van der Waals surface area contributed by atoms with E-state index in [4.69, 9.17) is 4.98 Å². The lowest BCUT2D eigenvalue weighted by molar-refractivity contribution is 0.0712. The summed E-state index contributed by atoms with van der Waals surface area (Å²) < 4.78 is 18.1. The first-order valence-corrected chi connectivity index (χ1v) is 13.1. The molecule has 2 aliphatic rings. The van der Waals surface area contributed by atoms with Gasteiger partial charge in [0.25, 0.3) is 5.91 Å². The number of rotatable bonds is 5. The Hall–Kier alpha value is -4.00. The van der Waals surface area contributed by atoms with Crippen molar-refractivity contribution in [3.8, 4) is 5.69 Å². The van der Waals surface area contributed by atoms with E-state index in [2.05, 4.69) is 33.8 Å². The van der Waals surface area contributed by atoms with Crippen LogP contribution in [0.5, 0.6) is 0 Å². The van der Waals surface area contributed by atoms with Gasteiger partial charge in [0.15, 0.2) is 0 Å². The van der Waals surface area contributed by atoms with Gasteiger partial charge in [0, 0.05) is 49.0 Å². The Morgan fingerprint density at radius 2 is 1.81 bits per heavy atom. The molecule has 0 atom stereocenters. The van der Waals surface area contributed by atoms with Crippen molar-refractivity contribution < 1.29 is 9.18 Å². The fourth-order valence-electron chi connectivity index (χ4n) is 5.73.